The number of para-hydroxylation sites is 2. The van der Waals surface area contributed by atoms with Crippen LogP contribution in [0.2, 0.25) is 0 Å². The molecular weight excluding hydrogens is 339 g/mol. The number of likely N-dealkylation sites (N-methyl/N-ethyl adjacent to an activating group) is 1. The highest BCUT2D eigenvalue weighted by atomic mass is 32.2. The van der Waals surface area contributed by atoms with E-state index in [2.05, 4.69) is 5.32 Å². The normalized spacial score (nSPS) is 12.0. The van der Waals surface area contributed by atoms with Crippen LogP contribution in [0.25, 0.3) is 0 Å². The van der Waals surface area contributed by atoms with E-state index < -0.39 is 0 Å². The topological polar surface area (TPSA) is 41.6 Å². The van der Waals surface area contributed by atoms with Gasteiger partial charge in [0.25, 0.3) is 0 Å². The minimum absolute atomic E-state index is 0.0881. The number of hydrogen-bond donors (Lipinski definition) is 1. The Hall–Kier alpha value is -2.05. The van der Waals surface area contributed by atoms with Gasteiger partial charge in [-0.15, -0.1) is 11.8 Å². The van der Waals surface area contributed by atoms with Crippen molar-refractivity contribution < 1.29 is 13.9 Å². The Kier molecular flexibility index (Phi) is 7.28. The first-order chi connectivity index (χ1) is 12.0. The zero-order chi connectivity index (χ0) is 18.2. The van der Waals surface area contributed by atoms with Crippen molar-refractivity contribution in [3.63, 3.8) is 0 Å². The molecule has 4 nitrogen and oxygen atoms in total. The van der Waals surface area contributed by atoms with Gasteiger partial charge in [-0.1, -0.05) is 24.3 Å². The molecule has 1 N–H and O–H groups in total. The number of nitrogens with one attached hydrogen (secondary N) is 1. The van der Waals surface area contributed by atoms with E-state index in [0.717, 1.165) is 10.6 Å². The fraction of sp³-hybridized carbons (Fsp3) is 0.316. The second-order valence-corrected chi connectivity index (χ2v) is 6.47. The molecule has 0 aliphatic rings. The van der Waals surface area contributed by atoms with E-state index >= 15 is 0 Å². The summed E-state index contributed by atoms with van der Waals surface area (Å²) in [5.41, 5.74) is 0.808. The molecule has 0 radical (unpaired) electrons. The molecule has 0 aliphatic heterocycles. The quantitative estimate of drug-likeness (QED) is 0.724. The lowest BCUT2D eigenvalue weighted by Crippen LogP contribution is -2.41. The summed E-state index contributed by atoms with van der Waals surface area (Å²) in [7, 11) is 1.84. The molecule has 1 unspecified atom stereocenters. The second kappa shape index (κ2) is 9.44. The maximum atomic E-state index is 13.5. The van der Waals surface area contributed by atoms with Crippen LogP contribution in [-0.2, 0) is 4.79 Å². The number of anilines is 1. The number of amides is 1. The standard InChI is InChI=1S/C19H23FN2O2S/c1-14(19(23)21-16-9-5-7-11-18(16)25-3)22(2)12-13-24-17-10-6-4-8-15(17)20/h4-11,14H,12-13H2,1-3H3,(H,21,23). The van der Waals surface area contributed by atoms with E-state index in [1.807, 2.05) is 49.4 Å². The van der Waals surface area contributed by atoms with Gasteiger partial charge in [-0.25, -0.2) is 4.39 Å². The summed E-state index contributed by atoms with van der Waals surface area (Å²) in [6.45, 7) is 2.64. The molecule has 2 aromatic carbocycles. The summed E-state index contributed by atoms with van der Waals surface area (Å²) in [5.74, 6) is -0.249. The first-order valence-corrected chi connectivity index (χ1v) is 9.27. The van der Waals surface area contributed by atoms with Crippen molar-refractivity contribution in [2.24, 2.45) is 0 Å². The molecule has 0 aliphatic carbocycles. The Morgan fingerprint density at radius 3 is 2.64 bits per heavy atom. The molecule has 0 spiro atoms. The molecule has 1 atom stereocenters. The second-order valence-electron chi connectivity index (χ2n) is 5.62. The number of carbonyl (C=O) groups is 1. The zero-order valence-corrected chi connectivity index (χ0v) is 15.5. The molecule has 0 aromatic heterocycles. The number of nitrogens with zero attached hydrogens (tertiary/aromatic N) is 1. The number of carbonyl (C=O) groups excluding carboxylic acids is 1. The third-order valence-electron chi connectivity index (χ3n) is 3.94. The predicted octanol–water partition coefficient (Wildman–Crippen LogP) is 3.89. The van der Waals surface area contributed by atoms with Gasteiger partial charge in [0, 0.05) is 11.4 Å². The SMILES string of the molecule is CSc1ccccc1NC(=O)C(C)N(C)CCOc1ccccc1F. The average Bonchev–Trinajstić information content (AvgIpc) is 2.63. The van der Waals surface area contributed by atoms with Crippen LogP contribution in [0.5, 0.6) is 5.75 Å². The molecule has 0 heterocycles. The first kappa shape index (κ1) is 19.3. The summed E-state index contributed by atoms with van der Waals surface area (Å²) in [5, 5.41) is 2.96. The third-order valence-corrected chi connectivity index (χ3v) is 4.74. The van der Waals surface area contributed by atoms with E-state index in [1.165, 1.54) is 6.07 Å². The van der Waals surface area contributed by atoms with Crippen LogP contribution >= 0.6 is 11.8 Å². The molecule has 0 fully saturated rings. The Bertz CT molecular complexity index is 711. The molecule has 2 aromatic rings. The molecule has 1 amide bonds. The number of rotatable bonds is 8. The van der Waals surface area contributed by atoms with Crippen molar-refractivity contribution in [2.45, 2.75) is 17.9 Å². The van der Waals surface area contributed by atoms with Crippen molar-refractivity contribution in [3.05, 3.63) is 54.3 Å². The summed E-state index contributed by atoms with van der Waals surface area (Å²) >= 11 is 1.59. The van der Waals surface area contributed by atoms with Gasteiger partial charge >= 0.3 is 0 Å². The average molecular weight is 362 g/mol. The fourth-order valence-electron chi connectivity index (χ4n) is 2.24. The maximum absolute atomic E-state index is 13.5. The number of ether oxygens (including phenoxy) is 1. The lowest BCUT2D eigenvalue weighted by Gasteiger charge is -2.24. The summed E-state index contributed by atoms with van der Waals surface area (Å²) in [4.78, 5) is 15.3. The van der Waals surface area contributed by atoms with Crippen molar-refractivity contribution in [1.82, 2.24) is 4.90 Å². The maximum Gasteiger partial charge on any atom is 0.241 e. The Labute approximate surface area is 152 Å². The molecule has 0 saturated heterocycles. The van der Waals surface area contributed by atoms with Gasteiger partial charge in [0.2, 0.25) is 5.91 Å². The molecule has 25 heavy (non-hydrogen) atoms. The van der Waals surface area contributed by atoms with E-state index in [1.54, 1.807) is 30.0 Å². The molecule has 0 saturated carbocycles. The number of thioether (sulfide) groups is 1. The summed E-state index contributed by atoms with van der Waals surface area (Å²) in [6.07, 6.45) is 1.97. The predicted molar refractivity (Wildman–Crippen MR) is 101 cm³/mol. The van der Waals surface area contributed by atoms with Crippen LogP contribution < -0.4 is 10.1 Å². The summed E-state index contributed by atoms with van der Waals surface area (Å²) < 4.78 is 19.0. The van der Waals surface area contributed by atoms with Gasteiger partial charge in [0.15, 0.2) is 11.6 Å². The third kappa shape index (κ3) is 5.47. The van der Waals surface area contributed by atoms with Crippen molar-refractivity contribution in [1.29, 1.82) is 0 Å². The molecule has 0 bridgehead atoms. The van der Waals surface area contributed by atoms with Gasteiger partial charge in [0.1, 0.15) is 6.61 Å². The van der Waals surface area contributed by atoms with Crippen LogP contribution in [0.3, 0.4) is 0 Å². The Morgan fingerprint density at radius 1 is 1.24 bits per heavy atom. The highest BCUT2D eigenvalue weighted by molar-refractivity contribution is 7.98. The van der Waals surface area contributed by atoms with Gasteiger partial charge < -0.3 is 10.1 Å². The largest absolute Gasteiger partial charge is 0.489 e. The minimum atomic E-state index is -0.385. The number of benzene rings is 2. The van der Waals surface area contributed by atoms with Crippen molar-refractivity contribution in [2.75, 3.05) is 31.8 Å². The van der Waals surface area contributed by atoms with Gasteiger partial charge in [-0.05, 0) is 44.5 Å². The summed E-state index contributed by atoms with van der Waals surface area (Å²) in [6, 6.07) is 13.6. The van der Waals surface area contributed by atoms with Crippen molar-refractivity contribution in [3.8, 4) is 5.75 Å². The van der Waals surface area contributed by atoms with Crippen LogP contribution in [-0.4, -0.2) is 43.3 Å². The van der Waals surface area contributed by atoms with E-state index in [4.69, 9.17) is 4.74 Å². The van der Waals surface area contributed by atoms with Gasteiger partial charge in [-0.2, -0.15) is 0 Å². The van der Waals surface area contributed by atoms with Crippen LogP contribution in [0.1, 0.15) is 6.92 Å². The molecule has 2 rings (SSSR count). The van der Waals surface area contributed by atoms with Gasteiger partial charge in [0.05, 0.1) is 11.7 Å². The molecular formula is C19H23FN2O2S. The monoisotopic (exact) mass is 362 g/mol. The molecule has 6 heteroatoms. The van der Waals surface area contributed by atoms with Crippen molar-refractivity contribution >= 4 is 23.4 Å². The van der Waals surface area contributed by atoms with Crippen LogP contribution in [0.15, 0.2) is 53.4 Å². The smallest absolute Gasteiger partial charge is 0.241 e. The zero-order valence-electron chi connectivity index (χ0n) is 14.7. The van der Waals surface area contributed by atoms with E-state index in [0.29, 0.717) is 13.2 Å². The minimum Gasteiger partial charge on any atom is -0.489 e. The highest BCUT2D eigenvalue weighted by Crippen LogP contribution is 2.24. The highest BCUT2D eigenvalue weighted by Gasteiger charge is 2.19. The Balaban J connectivity index is 1.85. The number of hydrogen-bond acceptors (Lipinski definition) is 4. The lowest BCUT2D eigenvalue weighted by atomic mass is 10.2. The van der Waals surface area contributed by atoms with Gasteiger partial charge in [-0.3, -0.25) is 9.69 Å². The first-order valence-electron chi connectivity index (χ1n) is 8.04. The van der Waals surface area contributed by atoms with Crippen LogP contribution in [0, 0.1) is 5.82 Å². The van der Waals surface area contributed by atoms with Crippen LogP contribution in [0.4, 0.5) is 10.1 Å². The lowest BCUT2D eigenvalue weighted by molar-refractivity contribution is -0.120. The Morgan fingerprint density at radius 2 is 1.92 bits per heavy atom. The van der Waals surface area contributed by atoms with E-state index in [-0.39, 0.29) is 23.5 Å². The van der Waals surface area contributed by atoms with E-state index in [9.17, 15) is 9.18 Å². The fourth-order valence-corrected chi connectivity index (χ4v) is 2.79. The number of halogens is 1. The molecule has 134 valence electrons.